The van der Waals surface area contributed by atoms with Crippen molar-refractivity contribution in [1.82, 2.24) is 19.9 Å². The first kappa shape index (κ1) is 16.2. The molecule has 0 saturated heterocycles. The minimum atomic E-state index is -0.344. The fourth-order valence-corrected chi connectivity index (χ4v) is 3.07. The molecule has 130 valence electrons. The standard InChI is InChI=1S/C20H17FN4O/c1-12-15(9-13-7-8-14(21)10-17(13)23-12)20(26)22-11-19-24-16-5-3-4-6-18(16)25(19)2/h3-10H,11H2,1-2H3,(H,22,26). The van der Waals surface area contributed by atoms with Crippen molar-refractivity contribution in [2.75, 3.05) is 0 Å². The highest BCUT2D eigenvalue weighted by molar-refractivity contribution is 5.98. The number of hydrogen-bond donors (Lipinski definition) is 1. The number of para-hydroxylation sites is 2. The molecule has 26 heavy (non-hydrogen) atoms. The summed E-state index contributed by atoms with van der Waals surface area (Å²) >= 11 is 0. The van der Waals surface area contributed by atoms with Gasteiger partial charge in [-0.05, 0) is 37.3 Å². The number of rotatable bonds is 3. The summed E-state index contributed by atoms with van der Waals surface area (Å²) in [7, 11) is 1.92. The molecule has 2 aromatic carbocycles. The molecule has 5 nitrogen and oxygen atoms in total. The molecule has 0 atom stereocenters. The fraction of sp³-hybridized carbons (Fsp3) is 0.150. The Morgan fingerprint density at radius 1 is 1.12 bits per heavy atom. The summed E-state index contributed by atoms with van der Waals surface area (Å²) < 4.78 is 15.3. The van der Waals surface area contributed by atoms with Crippen molar-refractivity contribution < 1.29 is 9.18 Å². The van der Waals surface area contributed by atoms with E-state index in [-0.39, 0.29) is 11.7 Å². The average Bonchev–Trinajstić information content (AvgIpc) is 2.95. The van der Waals surface area contributed by atoms with Crippen LogP contribution in [0.15, 0.2) is 48.5 Å². The van der Waals surface area contributed by atoms with Gasteiger partial charge < -0.3 is 9.88 Å². The molecule has 6 heteroatoms. The predicted molar refractivity (Wildman–Crippen MR) is 98.3 cm³/mol. The van der Waals surface area contributed by atoms with Crippen molar-refractivity contribution in [2.45, 2.75) is 13.5 Å². The number of imidazole rings is 1. The summed E-state index contributed by atoms with van der Waals surface area (Å²) in [5.41, 5.74) is 3.48. The Morgan fingerprint density at radius 3 is 2.73 bits per heavy atom. The van der Waals surface area contributed by atoms with Gasteiger partial charge in [-0.1, -0.05) is 12.1 Å². The average molecular weight is 348 g/mol. The number of pyridine rings is 1. The maximum Gasteiger partial charge on any atom is 0.253 e. The Labute approximate surface area is 149 Å². The smallest absolute Gasteiger partial charge is 0.253 e. The highest BCUT2D eigenvalue weighted by Gasteiger charge is 2.14. The van der Waals surface area contributed by atoms with Crippen LogP contribution in [0.2, 0.25) is 0 Å². The van der Waals surface area contributed by atoms with Gasteiger partial charge in [0.1, 0.15) is 11.6 Å². The Kier molecular flexibility index (Phi) is 3.88. The van der Waals surface area contributed by atoms with Crippen LogP contribution in [-0.4, -0.2) is 20.4 Å². The molecular weight excluding hydrogens is 331 g/mol. The second-order valence-corrected chi connectivity index (χ2v) is 6.22. The zero-order valence-electron chi connectivity index (χ0n) is 14.5. The summed E-state index contributed by atoms with van der Waals surface area (Å²) in [5.74, 6) is 0.199. The van der Waals surface area contributed by atoms with E-state index in [9.17, 15) is 9.18 Å². The van der Waals surface area contributed by atoms with E-state index in [0.717, 1.165) is 22.2 Å². The lowest BCUT2D eigenvalue weighted by atomic mass is 10.1. The normalized spacial score (nSPS) is 11.2. The number of aryl methyl sites for hydroxylation is 2. The molecule has 2 aromatic heterocycles. The molecule has 0 aliphatic carbocycles. The molecule has 2 heterocycles. The lowest BCUT2D eigenvalue weighted by Gasteiger charge is -2.09. The van der Waals surface area contributed by atoms with Gasteiger partial charge in [0.15, 0.2) is 0 Å². The molecule has 0 aliphatic heterocycles. The minimum Gasteiger partial charge on any atom is -0.345 e. The van der Waals surface area contributed by atoms with Gasteiger partial charge in [0.25, 0.3) is 5.91 Å². The fourth-order valence-electron chi connectivity index (χ4n) is 3.07. The van der Waals surface area contributed by atoms with Crippen LogP contribution in [0.1, 0.15) is 21.9 Å². The molecule has 0 saturated carbocycles. The highest BCUT2D eigenvalue weighted by atomic mass is 19.1. The summed E-state index contributed by atoms with van der Waals surface area (Å²) in [6, 6.07) is 13.9. The molecule has 1 N–H and O–H groups in total. The molecule has 0 spiro atoms. The second-order valence-electron chi connectivity index (χ2n) is 6.22. The third-order valence-corrected chi connectivity index (χ3v) is 4.50. The number of nitrogens with one attached hydrogen (secondary N) is 1. The van der Waals surface area contributed by atoms with Crippen molar-refractivity contribution in [3.05, 3.63) is 71.4 Å². The quantitative estimate of drug-likeness (QED) is 0.616. The molecule has 0 aliphatic rings. The van der Waals surface area contributed by atoms with E-state index in [0.29, 0.717) is 23.3 Å². The van der Waals surface area contributed by atoms with Crippen molar-refractivity contribution in [3.8, 4) is 0 Å². The molecule has 0 radical (unpaired) electrons. The largest absolute Gasteiger partial charge is 0.345 e. The molecule has 4 aromatic rings. The van der Waals surface area contributed by atoms with E-state index in [2.05, 4.69) is 15.3 Å². The van der Waals surface area contributed by atoms with Gasteiger partial charge in [-0.15, -0.1) is 0 Å². The Morgan fingerprint density at radius 2 is 1.92 bits per heavy atom. The predicted octanol–water partition coefficient (Wildman–Crippen LogP) is 3.50. The van der Waals surface area contributed by atoms with Crippen LogP contribution in [0.25, 0.3) is 21.9 Å². The highest BCUT2D eigenvalue weighted by Crippen LogP contribution is 2.18. The van der Waals surface area contributed by atoms with Crippen LogP contribution in [0.4, 0.5) is 4.39 Å². The third kappa shape index (κ3) is 2.79. The molecule has 0 fully saturated rings. The lowest BCUT2D eigenvalue weighted by molar-refractivity contribution is 0.0949. The summed E-state index contributed by atoms with van der Waals surface area (Å²) in [4.78, 5) is 21.5. The number of carbonyl (C=O) groups is 1. The molecule has 1 amide bonds. The summed E-state index contributed by atoms with van der Waals surface area (Å²) in [6.07, 6.45) is 0. The van der Waals surface area contributed by atoms with Crippen LogP contribution >= 0.6 is 0 Å². The van der Waals surface area contributed by atoms with Gasteiger partial charge in [0, 0.05) is 18.5 Å². The molecule has 0 unspecified atom stereocenters. The zero-order chi connectivity index (χ0) is 18.3. The lowest BCUT2D eigenvalue weighted by Crippen LogP contribution is -2.25. The van der Waals surface area contributed by atoms with Crippen LogP contribution < -0.4 is 5.32 Å². The van der Waals surface area contributed by atoms with E-state index < -0.39 is 0 Å². The number of nitrogens with zero attached hydrogens (tertiary/aromatic N) is 3. The van der Waals surface area contributed by atoms with Gasteiger partial charge >= 0.3 is 0 Å². The Bertz CT molecular complexity index is 1150. The molecule has 0 bridgehead atoms. The van der Waals surface area contributed by atoms with Gasteiger partial charge in [-0.3, -0.25) is 9.78 Å². The maximum atomic E-state index is 13.3. The number of benzene rings is 2. The molecular formula is C20H17FN4O. The maximum absolute atomic E-state index is 13.3. The number of carbonyl (C=O) groups excluding carboxylic acids is 1. The van der Waals surface area contributed by atoms with Crippen LogP contribution in [0, 0.1) is 12.7 Å². The first-order valence-electron chi connectivity index (χ1n) is 8.28. The number of aromatic nitrogens is 3. The topological polar surface area (TPSA) is 59.8 Å². The van der Waals surface area contributed by atoms with E-state index in [4.69, 9.17) is 0 Å². The van der Waals surface area contributed by atoms with Gasteiger partial charge in [0.05, 0.1) is 34.4 Å². The van der Waals surface area contributed by atoms with Crippen LogP contribution in [0.5, 0.6) is 0 Å². The zero-order valence-corrected chi connectivity index (χ0v) is 14.5. The van der Waals surface area contributed by atoms with E-state index in [1.54, 1.807) is 19.1 Å². The molecule has 4 rings (SSSR count). The monoisotopic (exact) mass is 348 g/mol. The van der Waals surface area contributed by atoms with Crippen molar-refractivity contribution in [3.63, 3.8) is 0 Å². The van der Waals surface area contributed by atoms with E-state index in [1.165, 1.54) is 12.1 Å². The van der Waals surface area contributed by atoms with Gasteiger partial charge in [0.2, 0.25) is 0 Å². The number of fused-ring (bicyclic) bond motifs is 2. The summed E-state index contributed by atoms with van der Waals surface area (Å²) in [6.45, 7) is 2.05. The van der Waals surface area contributed by atoms with Crippen LogP contribution in [0.3, 0.4) is 0 Å². The first-order valence-corrected chi connectivity index (χ1v) is 8.28. The van der Waals surface area contributed by atoms with E-state index >= 15 is 0 Å². The SMILES string of the molecule is Cc1nc2cc(F)ccc2cc1C(=O)NCc1nc2ccccc2n1C. The van der Waals surface area contributed by atoms with E-state index in [1.807, 2.05) is 35.9 Å². The number of hydrogen-bond acceptors (Lipinski definition) is 3. The van der Waals surface area contributed by atoms with Crippen molar-refractivity contribution in [2.24, 2.45) is 7.05 Å². The Balaban J connectivity index is 1.59. The van der Waals surface area contributed by atoms with Gasteiger partial charge in [-0.2, -0.15) is 0 Å². The first-order chi connectivity index (χ1) is 12.5. The minimum absolute atomic E-state index is 0.228. The Hall–Kier alpha value is -3.28. The number of halogens is 1. The van der Waals surface area contributed by atoms with Crippen molar-refractivity contribution >= 4 is 27.8 Å². The second kappa shape index (κ2) is 6.22. The van der Waals surface area contributed by atoms with Gasteiger partial charge in [-0.25, -0.2) is 9.37 Å². The van der Waals surface area contributed by atoms with Crippen LogP contribution in [-0.2, 0) is 13.6 Å². The summed E-state index contributed by atoms with van der Waals surface area (Å²) in [5, 5.41) is 3.62. The van der Waals surface area contributed by atoms with Crippen molar-refractivity contribution in [1.29, 1.82) is 0 Å². The third-order valence-electron chi connectivity index (χ3n) is 4.50. The number of amides is 1.